The Labute approximate surface area is 183 Å². The largest absolute Gasteiger partial charge is 0.326 e. The molecule has 5 aromatic rings. The van der Waals surface area contributed by atoms with Gasteiger partial charge in [-0.15, -0.1) is 21.5 Å². The van der Waals surface area contributed by atoms with Crippen molar-refractivity contribution in [3.8, 4) is 22.0 Å². The van der Waals surface area contributed by atoms with E-state index in [-0.39, 0.29) is 5.91 Å². The van der Waals surface area contributed by atoms with Gasteiger partial charge < -0.3 is 5.32 Å². The maximum Gasteiger partial charge on any atom is 0.228 e. The topological polar surface area (TPSA) is 72.2 Å². The average molecular weight is 426 g/mol. The van der Waals surface area contributed by atoms with Gasteiger partial charge in [0.15, 0.2) is 11.5 Å². The molecule has 152 valence electrons. The minimum Gasteiger partial charge on any atom is -0.326 e. The minimum absolute atomic E-state index is 0.0389. The Hall–Kier alpha value is -3.84. The van der Waals surface area contributed by atoms with Gasteiger partial charge in [-0.05, 0) is 48.2 Å². The van der Waals surface area contributed by atoms with Crippen LogP contribution in [0.1, 0.15) is 11.1 Å². The normalized spacial score (nSPS) is 11.0. The Kier molecular flexibility index (Phi) is 5.01. The number of amides is 1. The lowest BCUT2D eigenvalue weighted by Gasteiger charge is -2.07. The van der Waals surface area contributed by atoms with Gasteiger partial charge in [0.1, 0.15) is 0 Å². The summed E-state index contributed by atoms with van der Waals surface area (Å²) >= 11 is 1.60. The van der Waals surface area contributed by atoms with Crippen LogP contribution in [-0.4, -0.2) is 25.7 Å². The fourth-order valence-electron chi connectivity index (χ4n) is 3.44. The van der Waals surface area contributed by atoms with Crippen molar-refractivity contribution in [1.29, 1.82) is 0 Å². The van der Waals surface area contributed by atoms with Gasteiger partial charge in [0, 0.05) is 11.3 Å². The zero-order valence-electron chi connectivity index (χ0n) is 16.8. The molecule has 31 heavy (non-hydrogen) atoms. The van der Waals surface area contributed by atoms with Gasteiger partial charge in [-0.3, -0.25) is 4.79 Å². The summed E-state index contributed by atoms with van der Waals surface area (Å²) < 4.78 is 1.76. The molecule has 0 bridgehead atoms. The van der Waals surface area contributed by atoms with Crippen LogP contribution in [0.15, 0.2) is 78.2 Å². The lowest BCUT2D eigenvalue weighted by Crippen LogP contribution is -2.14. The van der Waals surface area contributed by atoms with Gasteiger partial charge in [-0.1, -0.05) is 48.0 Å². The molecule has 7 heteroatoms. The van der Waals surface area contributed by atoms with Crippen LogP contribution in [0.2, 0.25) is 0 Å². The molecule has 6 nitrogen and oxygen atoms in total. The third-order valence-corrected chi connectivity index (χ3v) is 5.78. The third-order valence-electron chi connectivity index (χ3n) is 4.92. The molecule has 1 N–H and O–H groups in total. The summed E-state index contributed by atoms with van der Waals surface area (Å²) in [6.45, 7) is 2.02. The number of fused-ring (bicyclic) bond motifs is 1. The SMILES string of the molecule is Cc1cccc(CC(=O)Nc2ccc(-c3ccc4nnc(-c5cccs5)n4n3)cc2)c1. The first-order valence-electron chi connectivity index (χ1n) is 9.88. The second kappa shape index (κ2) is 8.12. The number of benzene rings is 2. The molecule has 0 spiro atoms. The number of rotatable bonds is 5. The molecule has 1 amide bonds. The van der Waals surface area contributed by atoms with E-state index in [4.69, 9.17) is 5.10 Å². The minimum atomic E-state index is -0.0389. The molecule has 0 fully saturated rings. The van der Waals surface area contributed by atoms with E-state index in [1.54, 1.807) is 15.9 Å². The van der Waals surface area contributed by atoms with Crippen LogP contribution < -0.4 is 5.32 Å². The number of nitrogens with zero attached hydrogens (tertiary/aromatic N) is 4. The monoisotopic (exact) mass is 425 g/mol. The van der Waals surface area contributed by atoms with Crippen molar-refractivity contribution >= 4 is 28.6 Å². The standard InChI is InChI=1S/C24H19N5OS/c1-16-4-2-5-17(14-16)15-23(30)25-19-9-7-18(8-10-19)20-11-12-22-26-27-24(29(22)28-20)21-6-3-13-31-21/h2-14H,15H2,1H3,(H,25,30). The van der Waals surface area contributed by atoms with Gasteiger partial charge in [-0.25, -0.2) is 0 Å². The van der Waals surface area contributed by atoms with Crippen LogP contribution in [0.4, 0.5) is 5.69 Å². The molecular weight excluding hydrogens is 406 g/mol. The number of anilines is 1. The van der Waals surface area contributed by atoms with E-state index in [0.29, 0.717) is 12.1 Å². The van der Waals surface area contributed by atoms with E-state index in [0.717, 1.165) is 38.8 Å². The Morgan fingerprint density at radius 3 is 2.65 bits per heavy atom. The third kappa shape index (κ3) is 4.08. The first-order chi connectivity index (χ1) is 15.2. The summed E-state index contributed by atoms with van der Waals surface area (Å²) in [6, 6.07) is 23.5. The Morgan fingerprint density at radius 2 is 1.87 bits per heavy atom. The number of nitrogens with one attached hydrogen (secondary N) is 1. The van der Waals surface area contributed by atoms with Crippen LogP contribution in [0.3, 0.4) is 0 Å². The summed E-state index contributed by atoms with van der Waals surface area (Å²) in [4.78, 5) is 13.4. The van der Waals surface area contributed by atoms with Crippen LogP contribution in [0.25, 0.3) is 27.6 Å². The molecule has 0 atom stereocenters. The second-order valence-electron chi connectivity index (χ2n) is 7.28. The molecule has 5 rings (SSSR count). The summed E-state index contributed by atoms with van der Waals surface area (Å²) in [7, 11) is 0. The van der Waals surface area contributed by atoms with Crippen molar-refractivity contribution in [1.82, 2.24) is 19.8 Å². The van der Waals surface area contributed by atoms with E-state index in [1.165, 1.54) is 0 Å². The van der Waals surface area contributed by atoms with Gasteiger partial charge in [-0.2, -0.15) is 9.61 Å². The van der Waals surface area contributed by atoms with Crippen molar-refractivity contribution in [3.63, 3.8) is 0 Å². The van der Waals surface area contributed by atoms with E-state index in [1.807, 2.05) is 85.1 Å². The maximum atomic E-state index is 12.4. The molecule has 3 aromatic heterocycles. The smallest absolute Gasteiger partial charge is 0.228 e. The molecule has 0 unspecified atom stereocenters. The molecule has 2 aromatic carbocycles. The quantitative estimate of drug-likeness (QED) is 0.430. The second-order valence-corrected chi connectivity index (χ2v) is 8.23. The van der Waals surface area contributed by atoms with Gasteiger partial charge in [0.05, 0.1) is 17.0 Å². The van der Waals surface area contributed by atoms with Gasteiger partial charge in [0.25, 0.3) is 0 Å². The number of aryl methyl sites for hydroxylation is 1. The number of carbonyl (C=O) groups is 1. The number of hydrogen-bond acceptors (Lipinski definition) is 5. The van der Waals surface area contributed by atoms with E-state index < -0.39 is 0 Å². The summed E-state index contributed by atoms with van der Waals surface area (Å²) in [5, 5.41) is 18.2. The first kappa shape index (κ1) is 19.1. The molecule has 0 aliphatic rings. The zero-order chi connectivity index (χ0) is 21.2. The Morgan fingerprint density at radius 1 is 1.00 bits per heavy atom. The maximum absolute atomic E-state index is 12.4. The molecular formula is C24H19N5OS. The molecule has 3 heterocycles. The molecule has 0 aliphatic carbocycles. The fourth-order valence-corrected chi connectivity index (χ4v) is 4.13. The lowest BCUT2D eigenvalue weighted by molar-refractivity contribution is -0.115. The molecule has 0 aliphatic heterocycles. The number of thiophene rings is 1. The number of hydrogen-bond donors (Lipinski definition) is 1. The lowest BCUT2D eigenvalue weighted by atomic mass is 10.1. The summed E-state index contributed by atoms with van der Waals surface area (Å²) in [5.74, 6) is 0.690. The van der Waals surface area contributed by atoms with Crippen molar-refractivity contribution in [2.24, 2.45) is 0 Å². The molecule has 0 radical (unpaired) electrons. The van der Waals surface area contributed by atoms with Crippen molar-refractivity contribution < 1.29 is 4.79 Å². The Bertz CT molecular complexity index is 1360. The highest BCUT2D eigenvalue weighted by Crippen LogP contribution is 2.25. The highest BCUT2D eigenvalue weighted by molar-refractivity contribution is 7.13. The van der Waals surface area contributed by atoms with E-state index in [2.05, 4.69) is 15.5 Å². The van der Waals surface area contributed by atoms with Crippen molar-refractivity contribution in [2.45, 2.75) is 13.3 Å². The van der Waals surface area contributed by atoms with Crippen molar-refractivity contribution in [2.75, 3.05) is 5.32 Å². The highest BCUT2D eigenvalue weighted by Gasteiger charge is 2.12. The Balaban J connectivity index is 1.34. The summed E-state index contributed by atoms with van der Waals surface area (Å²) in [5.41, 5.74) is 5.36. The first-order valence-corrected chi connectivity index (χ1v) is 10.8. The molecule has 0 saturated carbocycles. The average Bonchev–Trinajstić information content (AvgIpc) is 3.43. The van der Waals surface area contributed by atoms with Crippen LogP contribution in [0.5, 0.6) is 0 Å². The fraction of sp³-hybridized carbons (Fsp3) is 0.0833. The highest BCUT2D eigenvalue weighted by atomic mass is 32.1. The zero-order valence-corrected chi connectivity index (χ0v) is 17.6. The summed E-state index contributed by atoms with van der Waals surface area (Å²) in [6.07, 6.45) is 0.348. The van der Waals surface area contributed by atoms with Crippen LogP contribution in [-0.2, 0) is 11.2 Å². The van der Waals surface area contributed by atoms with E-state index in [9.17, 15) is 4.79 Å². The molecule has 0 saturated heterocycles. The van der Waals surface area contributed by atoms with Gasteiger partial charge in [0.2, 0.25) is 5.91 Å². The number of carbonyl (C=O) groups excluding carboxylic acids is 1. The predicted octanol–water partition coefficient (Wildman–Crippen LogP) is 5.01. The van der Waals surface area contributed by atoms with Crippen LogP contribution >= 0.6 is 11.3 Å². The predicted molar refractivity (Wildman–Crippen MR) is 123 cm³/mol. The van der Waals surface area contributed by atoms with Gasteiger partial charge >= 0.3 is 0 Å². The van der Waals surface area contributed by atoms with E-state index >= 15 is 0 Å². The van der Waals surface area contributed by atoms with Crippen LogP contribution in [0, 0.1) is 6.92 Å². The van der Waals surface area contributed by atoms with Crippen molar-refractivity contribution in [3.05, 3.63) is 89.3 Å². The number of aromatic nitrogens is 4.